The predicted octanol–water partition coefficient (Wildman–Crippen LogP) is 2.02. The molecule has 2 rings (SSSR count). The first-order valence-electron chi connectivity index (χ1n) is 7.80. The summed E-state index contributed by atoms with van der Waals surface area (Å²) in [6.07, 6.45) is 0.976. The number of amides is 1. The van der Waals surface area contributed by atoms with Gasteiger partial charge in [0.15, 0.2) is 6.10 Å². The molecule has 1 atom stereocenters. The Morgan fingerprint density at radius 2 is 2.00 bits per heavy atom. The number of carboxylic acid groups (broad SMARTS) is 1. The molecule has 1 aromatic rings. The average molecular weight is 432 g/mol. The molecule has 1 amide bonds. The summed E-state index contributed by atoms with van der Waals surface area (Å²) < 4.78 is 36.1. The molecule has 0 bridgehead atoms. The Bertz CT molecular complexity index is 878. The van der Waals surface area contributed by atoms with Crippen LogP contribution in [0.3, 0.4) is 0 Å². The number of aliphatic carboxylic acids is 1. The van der Waals surface area contributed by atoms with Crippen LogP contribution < -0.4 is 4.74 Å². The van der Waals surface area contributed by atoms with E-state index in [1.165, 1.54) is 0 Å². The molecule has 0 aliphatic carbocycles. The zero-order chi connectivity index (χ0) is 20.2. The van der Waals surface area contributed by atoms with E-state index in [9.17, 15) is 18.0 Å². The smallest absolute Gasteiger partial charge is 0.344 e. The molecule has 1 heterocycles. The normalized spacial score (nSPS) is 17.4. The number of benzene rings is 1. The van der Waals surface area contributed by atoms with E-state index in [0.29, 0.717) is 22.6 Å². The number of rotatable bonds is 8. The molecular formula is C16H17NO7S3. The van der Waals surface area contributed by atoms with Gasteiger partial charge in [-0.15, -0.1) is 0 Å². The summed E-state index contributed by atoms with van der Waals surface area (Å²) in [6.45, 7) is 1.48. The Kier molecular flexibility index (Phi) is 6.98. The summed E-state index contributed by atoms with van der Waals surface area (Å²) in [6, 6.07) is 6.51. The molecule has 1 aliphatic rings. The van der Waals surface area contributed by atoms with Crippen molar-refractivity contribution in [2.24, 2.45) is 0 Å². The topological polar surface area (TPSA) is 121 Å². The standard InChI is InChI=1S/C16H17NO7S3/c1-2-12(15(19)20)24-11-5-3-10(4-6-11)9-13-14(18)17(16(25)26-13)7-8-27(21,22)23/h3-6,9,12H,2,7-8H2,1H3,(H,19,20)(H,21,22,23)/b13-9-. The van der Waals surface area contributed by atoms with E-state index >= 15 is 0 Å². The zero-order valence-corrected chi connectivity index (χ0v) is 16.6. The Labute approximate surface area is 165 Å². The van der Waals surface area contributed by atoms with Crippen molar-refractivity contribution in [3.8, 4) is 5.75 Å². The maximum atomic E-state index is 12.3. The number of carbonyl (C=O) groups is 2. The van der Waals surface area contributed by atoms with Crippen LogP contribution in [-0.4, -0.2) is 57.6 Å². The summed E-state index contributed by atoms with van der Waals surface area (Å²) in [5.74, 6) is -1.69. The highest BCUT2D eigenvalue weighted by Gasteiger charge is 2.32. The minimum absolute atomic E-state index is 0.210. The molecule has 1 unspecified atom stereocenters. The molecule has 146 valence electrons. The first-order chi connectivity index (χ1) is 12.6. The van der Waals surface area contributed by atoms with E-state index < -0.39 is 33.9 Å². The van der Waals surface area contributed by atoms with E-state index in [0.717, 1.165) is 16.7 Å². The van der Waals surface area contributed by atoms with Gasteiger partial charge in [-0.25, -0.2) is 4.79 Å². The number of hydrogen-bond acceptors (Lipinski definition) is 7. The molecular weight excluding hydrogens is 414 g/mol. The maximum absolute atomic E-state index is 12.3. The molecule has 1 aromatic carbocycles. The van der Waals surface area contributed by atoms with E-state index in [2.05, 4.69) is 0 Å². The Hall–Kier alpha value is -1.95. The number of ether oxygens (including phenoxy) is 1. The second-order valence-electron chi connectivity index (χ2n) is 5.54. The fourth-order valence-corrected chi connectivity index (χ4v) is 3.89. The summed E-state index contributed by atoms with van der Waals surface area (Å²) in [7, 11) is -4.20. The third-order valence-electron chi connectivity index (χ3n) is 3.55. The lowest BCUT2D eigenvalue weighted by Gasteiger charge is -2.13. The number of carbonyl (C=O) groups excluding carboxylic acids is 1. The monoisotopic (exact) mass is 431 g/mol. The second-order valence-corrected chi connectivity index (χ2v) is 8.79. The fraction of sp³-hybridized carbons (Fsp3) is 0.312. The van der Waals surface area contributed by atoms with Crippen molar-refractivity contribution in [2.45, 2.75) is 19.4 Å². The van der Waals surface area contributed by atoms with Crippen LogP contribution in [0.15, 0.2) is 29.2 Å². The Morgan fingerprint density at radius 1 is 1.37 bits per heavy atom. The van der Waals surface area contributed by atoms with Crippen LogP contribution in [0, 0.1) is 0 Å². The van der Waals surface area contributed by atoms with E-state index in [1.807, 2.05) is 0 Å². The number of thioether (sulfide) groups is 1. The number of carboxylic acids is 1. The zero-order valence-electron chi connectivity index (χ0n) is 14.2. The molecule has 0 aromatic heterocycles. The van der Waals surface area contributed by atoms with Crippen molar-refractivity contribution in [2.75, 3.05) is 12.3 Å². The summed E-state index contributed by atoms with van der Waals surface area (Å²) >= 11 is 6.11. The molecule has 0 saturated carbocycles. The lowest BCUT2D eigenvalue weighted by Crippen LogP contribution is -2.32. The van der Waals surface area contributed by atoms with Crippen LogP contribution >= 0.6 is 24.0 Å². The third kappa shape index (κ3) is 6.03. The lowest BCUT2D eigenvalue weighted by atomic mass is 10.2. The molecule has 0 radical (unpaired) electrons. The molecule has 1 saturated heterocycles. The van der Waals surface area contributed by atoms with Gasteiger partial charge in [0, 0.05) is 6.54 Å². The molecule has 8 nitrogen and oxygen atoms in total. The Morgan fingerprint density at radius 3 is 2.52 bits per heavy atom. The summed E-state index contributed by atoms with van der Waals surface area (Å²) in [5.41, 5.74) is 0.668. The van der Waals surface area contributed by atoms with Gasteiger partial charge in [0.25, 0.3) is 16.0 Å². The maximum Gasteiger partial charge on any atom is 0.344 e. The first-order valence-corrected chi connectivity index (χ1v) is 10.6. The highest BCUT2D eigenvalue weighted by molar-refractivity contribution is 8.26. The summed E-state index contributed by atoms with van der Waals surface area (Å²) in [4.78, 5) is 24.8. The molecule has 2 N–H and O–H groups in total. The van der Waals surface area contributed by atoms with Crippen molar-refractivity contribution in [3.63, 3.8) is 0 Å². The van der Waals surface area contributed by atoms with Crippen LogP contribution in [0.1, 0.15) is 18.9 Å². The van der Waals surface area contributed by atoms with Gasteiger partial charge >= 0.3 is 5.97 Å². The van der Waals surface area contributed by atoms with Crippen LogP contribution in [0.25, 0.3) is 6.08 Å². The molecule has 1 fully saturated rings. The summed E-state index contributed by atoms with van der Waals surface area (Å²) in [5, 5.41) is 9.01. The van der Waals surface area contributed by atoms with Crippen LogP contribution in [-0.2, 0) is 19.7 Å². The average Bonchev–Trinajstić information content (AvgIpc) is 2.84. The predicted molar refractivity (Wildman–Crippen MR) is 105 cm³/mol. The fourth-order valence-electron chi connectivity index (χ4n) is 2.17. The number of hydrogen-bond donors (Lipinski definition) is 2. The van der Waals surface area contributed by atoms with Crippen LogP contribution in [0.2, 0.25) is 0 Å². The third-order valence-corrected chi connectivity index (χ3v) is 5.63. The Balaban J connectivity index is 2.09. The first kappa shape index (κ1) is 21.4. The number of thiocarbonyl (C=S) groups is 1. The lowest BCUT2D eigenvalue weighted by molar-refractivity contribution is -0.145. The van der Waals surface area contributed by atoms with Crippen molar-refractivity contribution in [1.29, 1.82) is 0 Å². The largest absolute Gasteiger partial charge is 0.479 e. The van der Waals surface area contributed by atoms with Gasteiger partial charge in [0.05, 0.1) is 10.7 Å². The van der Waals surface area contributed by atoms with Gasteiger partial charge < -0.3 is 9.84 Å². The van der Waals surface area contributed by atoms with Crippen LogP contribution in [0.5, 0.6) is 5.75 Å². The van der Waals surface area contributed by atoms with Gasteiger partial charge in [-0.05, 0) is 30.2 Å². The van der Waals surface area contributed by atoms with Gasteiger partial charge in [-0.1, -0.05) is 43.0 Å². The van der Waals surface area contributed by atoms with Crippen molar-refractivity contribution in [3.05, 3.63) is 34.7 Å². The molecule has 0 spiro atoms. The van der Waals surface area contributed by atoms with Crippen molar-refractivity contribution in [1.82, 2.24) is 4.90 Å². The van der Waals surface area contributed by atoms with Gasteiger partial charge in [0.1, 0.15) is 10.1 Å². The molecule has 11 heteroatoms. The van der Waals surface area contributed by atoms with Gasteiger partial charge in [0.2, 0.25) is 0 Å². The van der Waals surface area contributed by atoms with Crippen LogP contribution in [0.4, 0.5) is 0 Å². The van der Waals surface area contributed by atoms with Crippen molar-refractivity contribution < 1.29 is 32.4 Å². The van der Waals surface area contributed by atoms with Crippen molar-refractivity contribution >= 4 is 56.4 Å². The van der Waals surface area contributed by atoms with Gasteiger partial charge in [-0.2, -0.15) is 8.42 Å². The quantitative estimate of drug-likeness (QED) is 0.362. The molecule has 27 heavy (non-hydrogen) atoms. The highest BCUT2D eigenvalue weighted by Crippen LogP contribution is 2.32. The minimum Gasteiger partial charge on any atom is -0.479 e. The highest BCUT2D eigenvalue weighted by atomic mass is 32.2. The SMILES string of the molecule is CCC(Oc1ccc(/C=C2\SC(=S)N(CCS(=O)(=O)O)C2=O)cc1)C(=O)O. The number of nitrogens with zero attached hydrogens (tertiary/aromatic N) is 1. The van der Waals surface area contributed by atoms with E-state index in [-0.39, 0.29) is 10.9 Å². The van der Waals surface area contributed by atoms with E-state index in [4.69, 9.17) is 26.6 Å². The minimum atomic E-state index is -4.20. The molecule has 1 aliphatic heterocycles. The van der Waals surface area contributed by atoms with E-state index in [1.54, 1.807) is 37.3 Å². The second kappa shape index (κ2) is 8.83. The van der Waals surface area contributed by atoms with Gasteiger partial charge in [-0.3, -0.25) is 14.2 Å².